The molecule has 0 aliphatic carbocycles. The van der Waals surface area contributed by atoms with Gasteiger partial charge in [0.2, 0.25) is 0 Å². The molecule has 0 spiro atoms. The lowest BCUT2D eigenvalue weighted by atomic mass is 10.0. The van der Waals surface area contributed by atoms with E-state index in [0.29, 0.717) is 30.3 Å². The average Bonchev–Trinajstić information content (AvgIpc) is 2.39. The zero-order chi connectivity index (χ0) is 14.5. The molecule has 0 fully saturated rings. The van der Waals surface area contributed by atoms with E-state index in [1.807, 2.05) is 20.8 Å². The SMILES string of the molecule is CCOC(=O)c1cnc(C(C)(CC)OCC)nc1C. The van der Waals surface area contributed by atoms with Crippen LogP contribution in [0.2, 0.25) is 0 Å². The minimum Gasteiger partial charge on any atom is -0.462 e. The second-order valence-electron chi connectivity index (χ2n) is 4.43. The first-order valence-electron chi connectivity index (χ1n) is 6.63. The fraction of sp³-hybridized carbons (Fsp3) is 0.643. The van der Waals surface area contributed by atoms with E-state index < -0.39 is 5.60 Å². The summed E-state index contributed by atoms with van der Waals surface area (Å²) in [6.45, 7) is 10.4. The molecule has 1 unspecified atom stereocenters. The number of rotatable bonds is 6. The van der Waals surface area contributed by atoms with E-state index in [-0.39, 0.29) is 5.97 Å². The molecule has 0 aliphatic heterocycles. The molecule has 1 aromatic rings. The third-order valence-corrected chi connectivity index (χ3v) is 3.09. The average molecular weight is 266 g/mol. The van der Waals surface area contributed by atoms with Crippen molar-refractivity contribution in [1.82, 2.24) is 9.97 Å². The number of aryl methyl sites for hydroxylation is 1. The van der Waals surface area contributed by atoms with Crippen molar-refractivity contribution in [3.8, 4) is 0 Å². The summed E-state index contributed by atoms with van der Waals surface area (Å²) in [5.74, 6) is 0.212. The van der Waals surface area contributed by atoms with Gasteiger partial charge in [-0.05, 0) is 34.1 Å². The zero-order valence-electron chi connectivity index (χ0n) is 12.3. The highest BCUT2D eigenvalue weighted by Gasteiger charge is 2.29. The molecule has 0 N–H and O–H groups in total. The Morgan fingerprint density at radius 3 is 2.47 bits per heavy atom. The van der Waals surface area contributed by atoms with Gasteiger partial charge in [-0.25, -0.2) is 14.8 Å². The van der Waals surface area contributed by atoms with Crippen molar-refractivity contribution in [2.45, 2.75) is 46.6 Å². The second kappa shape index (κ2) is 6.61. The van der Waals surface area contributed by atoms with Crippen molar-refractivity contribution in [1.29, 1.82) is 0 Å². The Kier molecular flexibility index (Phi) is 5.42. The van der Waals surface area contributed by atoms with Gasteiger partial charge in [0.05, 0.1) is 17.9 Å². The van der Waals surface area contributed by atoms with Crippen LogP contribution in [0.3, 0.4) is 0 Å². The molecule has 0 saturated heterocycles. The van der Waals surface area contributed by atoms with Gasteiger partial charge < -0.3 is 9.47 Å². The molecular formula is C14H22N2O3. The van der Waals surface area contributed by atoms with Gasteiger partial charge in [0, 0.05) is 12.8 Å². The molecule has 1 aromatic heterocycles. The molecule has 1 rings (SSSR count). The van der Waals surface area contributed by atoms with Crippen LogP contribution in [0.25, 0.3) is 0 Å². The Hall–Kier alpha value is -1.49. The van der Waals surface area contributed by atoms with E-state index in [0.717, 1.165) is 6.42 Å². The first-order valence-corrected chi connectivity index (χ1v) is 6.63. The highest BCUT2D eigenvalue weighted by atomic mass is 16.5. The summed E-state index contributed by atoms with van der Waals surface area (Å²) in [6, 6.07) is 0. The predicted molar refractivity (Wildman–Crippen MR) is 72.0 cm³/mol. The summed E-state index contributed by atoms with van der Waals surface area (Å²) in [5, 5.41) is 0. The molecule has 0 amide bonds. The lowest BCUT2D eigenvalue weighted by Crippen LogP contribution is -2.28. The molecule has 1 atom stereocenters. The number of hydrogen-bond donors (Lipinski definition) is 0. The van der Waals surface area contributed by atoms with Gasteiger partial charge in [-0.1, -0.05) is 6.92 Å². The van der Waals surface area contributed by atoms with Crippen LogP contribution in [0, 0.1) is 6.92 Å². The van der Waals surface area contributed by atoms with Gasteiger partial charge in [-0.15, -0.1) is 0 Å². The van der Waals surface area contributed by atoms with Crippen LogP contribution in [0.4, 0.5) is 0 Å². The van der Waals surface area contributed by atoms with Crippen LogP contribution in [-0.4, -0.2) is 29.2 Å². The number of hydrogen-bond acceptors (Lipinski definition) is 5. The van der Waals surface area contributed by atoms with Crippen LogP contribution < -0.4 is 0 Å². The third kappa shape index (κ3) is 3.50. The van der Waals surface area contributed by atoms with Crippen LogP contribution >= 0.6 is 0 Å². The molecule has 1 heterocycles. The van der Waals surface area contributed by atoms with Crippen molar-refractivity contribution in [2.75, 3.05) is 13.2 Å². The first-order chi connectivity index (χ1) is 8.98. The smallest absolute Gasteiger partial charge is 0.341 e. The number of aromatic nitrogens is 2. The Balaban J connectivity index is 3.08. The largest absolute Gasteiger partial charge is 0.462 e. The molecule has 0 aliphatic rings. The van der Waals surface area contributed by atoms with Crippen molar-refractivity contribution < 1.29 is 14.3 Å². The molecule has 0 bridgehead atoms. The molecule has 19 heavy (non-hydrogen) atoms. The minimum absolute atomic E-state index is 0.339. The van der Waals surface area contributed by atoms with E-state index in [2.05, 4.69) is 9.97 Å². The quantitative estimate of drug-likeness (QED) is 0.741. The Labute approximate surface area is 114 Å². The topological polar surface area (TPSA) is 61.3 Å². The normalized spacial score (nSPS) is 13.9. The van der Waals surface area contributed by atoms with Crippen LogP contribution in [0.1, 0.15) is 56.0 Å². The van der Waals surface area contributed by atoms with Gasteiger partial charge in [0.15, 0.2) is 5.82 Å². The molecule has 5 nitrogen and oxygen atoms in total. The maximum atomic E-state index is 11.7. The molecule has 0 saturated carbocycles. The first kappa shape index (κ1) is 15.6. The Morgan fingerprint density at radius 2 is 2.00 bits per heavy atom. The number of ether oxygens (including phenoxy) is 2. The van der Waals surface area contributed by atoms with Gasteiger partial charge in [0.25, 0.3) is 0 Å². The molecule has 5 heteroatoms. The fourth-order valence-corrected chi connectivity index (χ4v) is 1.77. The highest BCUT2D eigenvalue weighted by Crippen LogP contribution is 2.26. The van der Waals surface area contributed by atoms with Crippen LogP contribution in [0.5, 0.6) is 0 Å². The van der Waals surface area contributed by atoms with Gasteiger partial charge in [-0.2, -0.15) is 0 Å². The summed E-state index contributed by atoms with van der Waals surface area (Å²) in [6.07, 6.45) is 2.28. The van der Waals surface area contributed by atoms with E-state index >= 15 is 0 Å². The minimum atomic E-state index is -0.521. The molecule has 0 radical (unpaired) electrons. The van der Waals surface area contributed by atoms with E-state index in [1.165, 1.54) is 6.20 Å². The van der Waals surface area contributed by atoms with Crippen molar-refractivity contribution in [3.05, 3.63) is 23.3 Å². The van der Waals surface area contributed by atoms with E-state index in [9.17, 15) is 4.79 Å². The van der Waals surface area contributed by atoms with E-state index in [4.69, 9.17) is 9.47 Å². The lowest BCUT2D eigenvalue weighted by molar-refractivity contribution is -0.0392. The fourth-order valence-electron chi connectivity index (χ4n) is 1.77. The van der Waals surface area contributed by atoms with Crippen molar-refractivity contribution in [3.63, 3.8) is 0 Å². The van der Waals surface area contributed by atoms with Crippen LogP contribution in [0.15, 0.2) is 6.20 Å². The highest BCUT2D eigenvalue weighted by molar-refractivity contribution is 5.90. The Bertz CT molecular complexity index is 448. The molecular weight excluding hydrogens is 244 g/mol. The van der Waals surface area contributed by atoms with Crippen molar-refractivity contribution in [2.24, 2.45) is 0 Å². The summed E-state index contributed by atoms with van der Waals surface area (Å²) < 4.78 is 10.7. The summed E-state index contributed by atoms with van der Waals surface area (Å²) >= 11 is 0. The summed E-state index contributed by atoms with van der Waals surface area (Å²) in [4.78, 5) is 20.4. The zero-order valence-corrected chi connectivity index (χ0v) is 12.3. The van der Waals surface area contributed by atoms with Crippen molar-refractivity contribution >= 4 is 5.97 Å². The number of carbonyl (C=O) groups excluding carboxylic acids is 1. The van der Waals surface area contributed by atoms with Gasteiger partial charge >= 0.3 is 5.97 Å². The number of esters is 1. The maximum absolute atomic E-state index is 11.7. The van der Waals surface area contributed by atoms with Gasteiger partial charge in [0.1, 0.15) is 5.60 Å². The lowest BCUT2D eigenvalue weighted by Gasteiger charge is -2.26. The summed E-state index contributed by atoms with van der Waals surface area (Å²) in [5.41, 5.74) is 0.496. The predicted octanol–water partition coefficient (Wildman–Crippen LogP) is 2.62. The molecule has 106 valence electrons. The third-order valence-electron chi connectivity index (χ3n) is 3.09. The summed E-state index contributed by atoms with van der Waals surface area (Å²) in [7, 11) is 0. The second-order valence-corrected chi connectivity index (χ2v) is 4.43. The standard InChI is InChI=1S/C14H22N2O3/c1-6-14(5,19-8-3)13-15-9-11(10(4)16-13)12(17)18-7-2/h9H,6-8H2,1-5H3. The number of nitrogens with zero attached hydrogens (tertiary/aromatic N) is 2. The van der Waals surface area contributed by atoms with Gasteiger partial charge in [-0.3, -0.25) is 0 Å². The van der Waals surface area contributed by atoms with E-state index in [1.54, 1.807) is 13.8 Å². The monoisotopic (exact) mass is 266 g/mol. The maximum Gasteiger partial charge on any atom is 0.341 e. The Morgan fingerprint density at radius 1 is 1.32 bits per heavy atom. The molecule has 0 aromatic carbocycles. The number of carbonyl (C=O) groups is 1. The van der Waals surface area contributed by atoms with Crippen LogP contribution in [-0.2, 0) is 15.1 Å².